The number of aromatic carboxylic acids is 1. The van der Waals surface area contributed by atoms with Crippen LogP contribution in [0.5, 0.6) is 0 Å². The van der Waals surface area contributed by atoms with Crippen molar-refractivity contribution in [3.8, 4) is 22.5 Å². The van der Waals surface area contributed by atoms with Crippen molar-refractivity contribution in [1.82, 2.24) is 9.78 Å². The maximum atomic E-state index is 13.2. The Balaban J connectivity index is 2.20. The number of carboxylic acids is 1. The Morgan fingerprint density at radius 2 is 2.00 bits per heavy atom. The molecule has 1 N–H and O–H groups in total. The smallest absolute Gasteiger partial charge is 0.336 e. The highest BCUT2D eigenvalue weighted by molar-refractivity contribution is 9.10. The third-order valence-corrected chi connectivity index (χ3v) is 4.33. The molecule has 0 fully saturated rings. The fourth-order valence-corrected chi connectivity index (χ4v) is 3.13. The van der Waals surface area contributed by atoms with E-state index in [1.165, 1.54) is 25.3 Å². The number of ether oxygens (including phenoxy) is 1. The molecule has 0 aliphatic carbocycles. The lowest BCUT2D eigenvalue weighted by Crippen LogP contribution is -2.07. The lowest BCUT2D eigenvalue weighted by molar-refractivity contribution is 0.0697. The zero-order valence-corrected chi connectivity index (χ0v) is 14.8. The Bertz CT molecular complexity index is 923. The van der Waals surface area contributed by atoms with Crippen molar-refractivity contribution in [3.63, 3.8) is 0 Å². The third-order valence-electron chi connectivity index (χ3n) is 3.67. The molecule has 0 saturated heterocycles. The van der Waals surface area contributed by atoms with Crippen molar-refractivity contribution in [2.75, 3.05) is 7.11 Å². The minimum atomic E-state index is -1.04. The minimum absolute atomic E-state index is 0.150. The SMILES string of the molecule is COCn1nc(-c2ccc(F)cc2)cc1-c1c(Br)cccc1C(=O)O. The largest absolute Gasteiger partial charge is 0.478 e. The van der Waals surface area contributed by atoms with Crippen molar-refractivity contribution < 1.29 is 19.0 Å². The predicted octanol–water partition coefficient (Wildman–Crippen LogP) is 4.42. The first kappa shape index (κ1) is 17.3. The van der Waals surface area contributed by atoms with Crippen LogP contribution in [0, 0.1) is 5.82 Å². The van der Waals surface area contributed by atoms with E-state index in [2.05, 4.69) is 21.0 Å². The van der Waals surface area contributed by atoms with E-state index in [-0.39, 0.29) is 18.1 Å². The van der Waals surface area contributed by atoms with Crippen LogP contribution in [0.4, 0.5) is 4.39 Å². The summed E-state index contributed by atoms with van der Waals surface area (Å²) in [5, 5.41) is 14.0. The van der Waals surface area contributed by atoms with Crippen LogP contribution in [0.25, 0.3) is 22.5 Å². The van der Waals surface area contributed by atoms with Gasteiger partial charge in [-0.25, -0.2) is 13.9 Å². The van der Waals surface area contributed by atoms with E-state index >= 15 is 0 Å². The molecule has 2 aromatic carbocycles. The first-order chi connectivity index (χ1) is 12.0. The van der Waals surface area contributed by atoms with Gasteiger partial charge < -0.3 is 9.84 Å². The van der Waals surface area contributed by atoms with Crippen molar-refractivity contribution in [2.45, 2.75) is 6.73 Å². The van der Waals surface area contributed by atoms with Gasteiger partial charge in [0, 0.05) is 22.7 Å². The van der Waals surface area contributed by atoms with Crippen LogP contribution in [0.2, 0.25) is 0 Å². The fraction of sp³-hybridized carbons (Fsp3) is 0.111. The summed E-state index contributed by atoms with van der Waals surface area (Å²) in [5.41, 5.74) is 2.57. The first-order valence-corrected chi connectivity index (χ1v) is 8.15. The van der Waals surface area contributed by atoms with Gasteiger partial charge in [-0.15, -0.1) is 0 Å². The van der Waals surface area contributed by atoms with E-state index in [4.69, 9.17) is 4.74 Å². The molecule has 1 heterocycles. The minimum Gasteiger partial charge on any atom is -0.478 e. The Kier molecular flexibility index (Phi) is 4.96. The number of methoxy groups -OCH3 is 1. The summed E-state index contributed by atoms with van der Waals surface area (Å²) >= 11 is 3.42. The summed E-state index contributed by atoms with van der Waals surface area (Å²) in [6.45, 7) is 0.150. The molecule has 0 spiro atoms. The molecule has 0 aliphatic heterocycles. The number of aromatic nitrogens is 2. The number of carbonyl (C=O) groups is 1. The molecule has 0 bridgehead atoms. The molecule has 0 aliphatic rings. The monoisotopic (exact) mass is 404 g/mol. The Morgan fingerprint density at radius 1 is 1.28 bits per heavy atom. The van der Waals surface area contributed by atoms with Gasteiger partial charge in [0.05, 0.1) is 17.0 Å². The van der Waals surface area contributed by atoms with Gasteiger partial charge in [-0.2, -0.15) is 5.10 Å². The van der Waals surface area contributed by atoms with E-state index in [0.717, 1.165) is 5.56 Å². The van der Waals surface area contributed by atoms with Gasteiger partial charge in [-0.05, 0) is 42.5 Å². The number of hydrogen-bond acceptors (Lipinski definition) is 3. The lowest BCUT2D eigenvalue weighted by atomic mass is 10.0. The molecule has 128 valence electrons. The Hall–Kier alpha value is -2.51. The van der Waals surface area contributed by atoms with Crippen LogP contribution < -0.4 is 0 Å². The van der Waals surface area contributed by atoms with E-state index in [1.807, 2.05) is 0 Å². The highest BCUT2D eigenvalue weighted by atomic mass is 79.9. The quantitative estimate of drug-likeness (QED) is 0.683. The van der Waals surface area contributed by atoms with Crippen molar-refractivity contribution in [2.24, 2.45) is 0 Å². The maximum Gasteiger partial charge on any atom is 0.336 e. The summed E-state index contributed by atoms with van der Waals surface area (Å²) in [7, 11) is 1.53. The van der Waals surface area contributed by atoms with E-state index in [9.17, 15) is 14.3 Å². The summed E-state index contributed by atoms with van der Waals surface area (Å²) < 4.78 is 20.5. The second-order valence-corrected chi connectivity index (χ2v) is 6.16. The van der Waals surface area contributed by atoms with Gasteiger partial charge in [0.25, 0.3) is 0 Å². The van der Waals surface area contributed by atoms with Crippen molar-refractivity contribution in [1.29, 1.82) is 0 Å². The average Bonchev–Trinajstić information content (AvgIpc) is 2.99. The molecule has 0 atom stereocenters. The molecule has 3 rings (SSSR count). The molecule has 25 heavy (non-hydrogen) atoms. The number of halogens is 2. The van der Waals surface area contributed by atoms with Crippen LogP contribution in [0.3, 0.4) is 0 Å². The number of rotatable bonds is 5. The van der Waals surface area contributed by atoms with Gasteiger partial charge >= 0.3 is 5.97 Å². The normalized spacial score (nSPS) is 10.8. The number of hydrogen-bond donors (Lipinski definition) is 1. The van der Waals surface area contributed by atoms with Gasteiger partial charge in [0.2, 0.25) is 0 Å². The number of carboxylic acid groups (broad SMARTS) is 1. The molecular weight excluding hydrogens is 391 g/mol. The average molecular weight is 405 g/mol. The summed E-state index contributed by atoms with van der Waals surface area (Å²) in [6.07, 6.45) is 0. The van der Waals surface area contributed by atoms with Gasteiger partial charge in [0.15, 0.2) is 0 Å². The molecule has 0 saturated carbocycles. The van der Waals surface area contributed by atoms with Crippen molar-refractivity contribution in [3.05, 3.63) is 64.4 Å². The van der Waals surface area contributed by atoms with Gasteiger partial charge in [-0.3, -0.25) is 0 Å². The molecule has 0 unspecified atom stereocenters. The van der Waals surface area contributed by atoms with Gasteiger partial charge in [0.1, 0.15) is 12.5 Å². The van der Waals surface area contributed by atoms with Crippen LogP contribution >= 0.6 is 15.9 Å². The molecule has 7 heteroatoms. The number of benzene rings is 2. The second-order valence-electron chi connectivity index (χ2n) is 5.31. The third kappa shape index (κ3) is 3.47. The Morgan fingerprint density at radius 3 is 2.64 bits per heavy atom. The summed E-state index contributed by atoms with van der Waals surface area (Å²) in [6, 6.07) is 12.7. The van der Waals surface area contributed by atoms with Crippen LogP contribution in [-0.4, -0.2) is 28.0 Å². The summed E-state index contributed by atoms with van der Waals surface area (Å²) in [5.74, 6) is -1.37. The van der Waals surface area contributed by atoms with E-state index in [0.29, 0.717) is 21.4 Å². The first-order valence-electron chi connectivity index (χ1n) is 7.36. The fourth-order valence-electron chi connectivity index (χ4n) is 2.56. The molecule has 0 amide bonds. The van der Waals surface area contributed by atoms with Crippen molar-refractivity contribution >= 4 is 21.9 Å². The standard InChI is InChI=1S/C18H14BrFN2O3/c1-25-10-22-16(17-13(18(23)24)3-2-4-14(17)19)9-15(21-22)11-5-7-12(20)8-6-11/h2-9H,10H2,1H3,(H,23,24). The van der Waals surface area contributed by atoms with Crippen LogP contribution in [0.1, 0.15) is 10.4 Å². The van der Waals surface area contributed by atoms with Crippen LogP contribution in [-0.2, 0) is 11.5 Å². The predicted molar refractivity (Wildman–Crippen MR) is 94.7 cm³/mol. The molecule has 0 radical (unpaired) electrons. The molecule has 1 aromatic heterocycles. The zero-order chi connectivity index (χ0) is 18.0. The molecule has 3 aromatic rings. The lowest BCUT2D eigenvalue weighted by Gasteiger charge is -2.10. The topological polar surface area (TPSA) is 64.4 Å². The molecule has 5 nitrogen and oxygen atoms in total. The highest BCUT2D eigenvalue weighted by Crippen LogP contribution is 2.34. The summed E-state index contributed by atoms with van der Waals surface area (Å²) in [4.78, 5) is 11.6. The van der Waals surface area contributed by atoms with E-state index < -0.39 is 5.97 Å². The Labute approximate surface area is 151 Å². The maximum absolute atomic E-state index is 13.2. The van der Waals surface area contributed by atoms with E-state index in [1.54, 1.807) is 35.0 Å². The van der Waals surface area contributed by atoms with Gasteiger partial charge in [-0.1, -0.05) is 22.0 Å². The highest BCUT2D eigenvalue weighted by Gasteiger charge is 2.20. The second kappa shape index (κ2) is 7.16. The van der Waals surface area contributed by atoms with Crippen LogP contribution in [0.15, 0.2) is 53.0 Å². The zero-order valence-electron chi connectivity index (χ0n) is 13.2. The molecular formula is C18H14BrFN2O3. The number of nitrogens with zero attached hydrogens (tertiary/aromatic N) is 2.